The zero-order valence-electron chi connectivity index (χ0n) is 54.8. The van der Waals surface area contributed by atoms with Gasteiger partial charge in [0.2, 0.25) is 20.0 Å². The summed E-state index contributed by atoms with van der Waals surface area (Å²) in [6, 6.07) is 22.6. The fraction of sp³-hybridized carbons (Fsp3) is 0.616. The lowest BCUT2D eigenvalue weighted by atomic mass is 9.68. The van der Waals surface area contributed by atoms with E-state index in [1.807, 2.05) is 26.0 Å². The maximum atomic E-state index is 14.1. The van der Waals surface area contributed by atoms with Gasteiger partial charge in [-0.3, -0.25) is 29.0 Å². The van der Waals surface area contributed by atoms with Gasteiger partial charge >= 0.3 is 0 Å². The van der Waals surface area contributed by atoms with Crippen LogP contribution in [-0.2, 0) is 62.8 Å². The summed E-state index contributed by atoms with van der Waals surface area (Å²) in [5.41, 5.74) is 6.47. The molecular formula is C73H96Cl2N6O12S2. The maximum Gasteiger partial charge on any atom is 0.264 e. The second kappa shape index (κ2) is 28.5. The van der Waals surface area contributed by atoms with Crippen LogP contribution >= 0.6 is 23.2 Å². The number of halogens is 2. The van der Waals surface area contributed by atoms with Gasteiger partial charge in [0.05, 0.1) is 61.5 Å². The molecule has 2 amide bonds. The molecule has 4 aliphatic carbocycles. The van der Waals surface area contributed by atoms with Crippen molar-refractivity contribution in [2.75, 3.05) is 102 Å². The van der Waals surface area contributed by atoms with Gasteiger partial charge in [0.15, 0.2) is 0 Å². The van der Waals surface area contributed by atoms with E-state index in [4.69, 9.17) is 42.1 Å². The molecule has 6 heterocycles. The number of fused-ring (bicyclic) bond motifs is 8. The molecule has 2 saturated heterocycles. The van der Waals surface area contributed by atoms with Crippen molar-refractivity contribution in [3.63, 3.8) is 0 Å². The number of rotatable bonds is 2. The molecule has 1 unspecified atom stereocenters. The van der Waals surface area contributed by atoms with E-state index in [0.717, 1.165) is 112 Å². The molecule has 14 rings (SSSR count). The number of benzene rings is 4. The number of morpholine rings is 2. The number of carbonyl (C=O) groups is 4. The number of anilines is 2. The number of hydrogen-bond donors (Lipinski definition) is 2. The van der Waals surface area contributed by atoms with Crippen LogP contribution in [0.15, 0.2) is 72.8 Å². The highest BCUT2D eigenvalue weighted by atomic mass is 35.5. The smallest absolute Gasteiger partial charge is 0.264 e. The molecule has 12 atom stereocenters. The first-order valence-electron chi connectivity index (χ1n) is 34.5. The molecule has 4 bridgehead atoms. The third-order valence-corrected chi connectivity index (χ3v) is 27.8. The van der Waals surface area contributed by atoms with Crippen molar-refractivity contribution in [3.05, 3.63) is 116 Å². The predicted octanol–water partition coefficient (Wildman–Crippen LogP) is 10.6. The number of hydrogen-bond acceptors (Lipinski definition) is 16. The first kappa shape index (κ1) is 69.6. The molecule has 22 heteroatoms. The first-order chi connectivity index (χ1) is 45.1. The largest absolute Gasteiger partial charge is 0.490 e. The summed E-state index contributed by atoms with van der Waals surface area (Å²) < 4.78 is 83.4. The lowest BCUT2D eigenvalue weighted by Crippen LogP contribution is -2.50. The van der Waals surface area contributed by atoms with Crippen molar-refractivity contribution in [2.45, 2.75) is 158 Å². The van der Waals surface area contributed by atoms with Crippen LogP contribution in [-0.4, -0.2) is 165 Å². The van der Waals surface area contributed by atoms with Crippen LogP contribution in [0.5, 0.6) is 11.5 Å². The van der Waals surface area contributed by atoms with Crippen LogP contribution in [0.25, 0.3) is 0 Å². The van der Waals surface area contributed by atoms with Crippen molar-refractivity contribution >= 4 is 78.0 Å². The van der Waals surface area contributed by atoms with Crippen LogP contribution in [0.2, 0.25) is 10.0 Å². The Bertz CT molecular complexity index is 3530. The van der Waals surface area contributed by atoms with Crippen molar-refractivity contribution in [3.8, 4) is 11.5 Å². The maximum absolute atomic E-state index is 14.1. The Morgan fingerprint density at radius 3 is 1.31 bits per heavy atom. The van der Waals surface area contributed by atoms with E-state index in [2.05, 4.69) is 53.3 Å². The summed E-state index contributed by atoms with van der Waals surface area (Å²) in [6.07, 6.45) is 11.4. The number of carbonyl (C=O) groups excluding carboxylic acids is 4. The van der Waals surface area contributed by atoms with Gasteiger partial charge in [-0.1, -0.05) is 56.6 Å². The molecule has 6 aliphatic heterocycles. The Balaban J connectivity index is 0.000000180. The average Bonchev–Trinajstić information content (AvgIpc) is 1.71. The summed E-state index contributed by atoms with van der Waals surface area (Å²) in [4.78, 5) is 64.6. The molecule has 4 aromatic rings. The third kappa shape index (κ3) is 14.5. The number of amides is 2. The minimum atomic E-state index is -4.00. The van der Waals surface area contributed by atoms with Gasteiger partial charge in [-0.05, 0) is 197 Å². The number of ether oxygens (including phenoxy) is 4. The van der Waals surface area contributed by atoms with E-state index >= 15 is 0 Å². The van der Waals surface area contributed by atoms with Crippen LogP contribution in [0, 0.1) is 35.5 Å². The zero-order valence-corrected chi connectivity index (χ0v) is 57.9. The van der Waals surface area contributed by atoms with E-state index in [0.29, 0.717) is 103 Å². The predicted molar refractivity (Wildman–Crippen MR) is 370 cm³/mol. The molecule has 516 valence electrons. The van der Waals surface area contributed by atoms with Gasteiger partial charge in [0, 0.05) is 121 Å². The topological polar surface area (TPSA) is 210 Å². The van der Waals surface area contributed by atoms with E-state index in [1.54, 1.807) is 50.2 Å². The molecule has 2 N–H and O–H groups in total. The Kier molecular flexibility index (Phi) is 20.9. The zero-order chi connectivity index (χ0) is 65.8. The SMILES string of the molecule is C.C[C@@H]1[C@@H](C)CC(N2CCOCC2)CC(=O)[C@@H]2CC[C@H]2CN2C[C@@]3(CCCc4cc(Cl)ccc43)COc3ccc(cc32)C(=O)NS1(=O)=O.C[C@@H]1[C@@H](C)C[C@H](N2CCOCC2)CC(=O)[C@@H]2CC[C@H]2CN2C[C@@]3(CCCc4cc(Cl)ccc43)COc3ccc(cc32)C(=O)NS1(=O)=O. The molecule has 10 aliphatic rings. The number of nitrogens with one attached hydrogen (secondary N) is 2. The highest BCUT2D eigenvalue weighted by molar-refractivity contribution is 7.91. The normalized spacial score (nSPS) is 32.7. The van der Waals surface area contributed by atoms with E-state index in [9.17, 15) is 36.0 Å². The van der Waals surface area contributed by atoms with Crippen molar-refractivity contribution < 1.29 is 55.0 Å². The summed E-state index contributed by atoms with van der Waals surface area (Å²) in [7, 11) is -7.99. The Labute approximate surface area is 572 Å². The summed E-state index contributed by atoms with van der Waals surface area (Å²) in [6.45, 7) is 16.0. The van der Waals surface area contributed by atoms with Gasteiger partial charge in [-0.25, -0.2) is 26.3 Å². The van der Waals surface area contributed by atoms with Crippen LogP contribution < -0.4 is 28.7 Å². The first-order valence-corrected chi connectivity index (χ1v) is 38.3. The number of nitrogens with zero attached hydrogens (tertiary/aromatic N) is 4. The minimum absolute atomic E-state index is 0. The highest BCUT2D eigenvalue weighted by Crippen LogP contribution is 2.50. The summed E-state index contributed by atoms with van der Waals surface area (Å²) >= 11 is 12.9. The van der Waals surface area contributed by atoms with Crippen LogP contribution in [0.4, 0.5) is 11.4 Å². The number of aryl methyl sites for hydroxylation is 2. The van der Waals surface area contributed by atoms with Crippen molar-refractivity contribution in [1.82, 2.24) is 19.2 Å². The molecule has 0 aromatic heterocycles. The van der Waals surface area contributed by atoms with Gasteiger partial charge in [-0.15, -0.1) is 0 Å². The summed E-state index contributed by atoms with van der Waals surface area (Å²) in [5, 5.41) is -0.196. The Morgan fingerprint density at radius 2 is 0.926 bits per heavy atom. The second-order valence-corrected chi connectivity index (χ2v) is 34.1. The van der Waals surface area contributed by atoms with Gasteiger partial charge in [-0.2, -0.15) is 0 Å². The monoisotopic (exact) mass is 1380 g/mol. The van der Waals surface area contributed by atoms with Gasteiger partial charge < -0.3 is 28.7 Å². The van der Waals surface area contributed by atoms with Crippen LogP contribution in [0.3, 0.4) is 0 Å². The lowest BCUT2D eigenvalue weighted by molar-refractivity contribution is -0.130. The molecule has 0 radical (unpaired) electrons. The molecule has 2 saturated carbocycles. The molecule has 2 spiro atoms. The minimum Gasteiger partial charge on any atom is -0.490 e. The molecular weight excluding hydrogens is 1290 g/mol. The number of ketones is 2. The second-order valence-electron chi connectivity index (χ2n) is 29.2. The van der Waals surface area contributed by atoms with Crippen molar-refractivity contribution in [2.24, 2.45) is 35.5 Å². The molecule has 18 nitrogen and oxygen atoms in total. The number of sulfonamides is 2. The highest BCUT2D eigenvalue weighted by Gasteiger charge is 2.48. The quantitative estimate of drug-likeness (QED) is 0.191. The third-order valence-electron chi connectivity index (χ3n) is 23.5. The van der Waals surface area contributed by atoms with E-state index < -0.39 is 42.4 Å². The van der Waals surface area contributed by atoms with Crippen molar-refractivity contribution in [1.29, 1.82) is 0 Å². The number of Topliss-reactive ketones (excluding diaryl/α,β-unsaturated/α-hetero) is 2. The Hall–Kier alpha value is -5.32. The lowest BCUT2D eigenvalue weighted by Gasteiger charge is -2.45. The molecule has 4 aromatic carbocycles. The fourth-order valence-corrected chi connectivity index (χ4v) is 20.2. The van der Waals surface area contributed by atoms with E-state index in [-0.39, 0.29) is 88.5 Å². The molecule has 4 fully saturated rings. The van der Waals surface area contributed by atoms with E-state index in [1.165, 1.54) is 22.3 Å². The van der Waals surface area contributed by atoms with Crippen LogP contribution in [0.1, 0.15) is 155 Å². The van der Waals surface area contributed by atoms with Gasteiger partial charge in [0.25, 0.3) is 11.8 Å². The Morgan fingerprint density at radius 1 is 0.526 bits per heavy atom. The summed E-state index contributed by atoms with van der Waals surface area (Å²) in [5.74, 6) is 0.330. The fourth-order valence-electron chi connectivity index (χ4n) is 17.3. The standard InChI is InChI=1S/2C36H46ClN3O6S.CH4/c2*1-23-16-29(39-12-14-45-15-13-39)19-33(41)30-8-5-27(30)20-40-21-36(11-3-4-25-17-28(37)7-9-31(25)36)22-46-34-10-6-26(18-32(34)40)35(42)38-47(43,44)24(23)2;/h2*6-7,9-10,17-18,23-24,27,29-30H,3-5,8,11-16,19-22H2,1-2H3,(H,38,42);1H4/t23-,24+,27-,29?,30+,36-;23-,24+,27-,29-,30+,36-;/m00./s1. The average molecular weight is 1380 g/mol. The van der Waals surface area contributed by atoms with Gasteiger partial charge in [0.1, 0.15) is 23.1 Å². The molecule has 95 heavy (non-hydrogen) atoms.